The Morgan fingerprint density at radius 1 is 1.23 bits per heavy atom. The molecule has 1 aliphatic rings. The van der Waals surface area contributed by atoms with Crippen molar-refractivity contribution in [2.75, 3.05) is 5.32 Å². The molecule has 0 saturated carbocycles. The number of rotatable bonds is 4. The number of nitrogens with zero attached hydrogens (tertiary/aromatic N) is 1. The maximum absolute atomic E-state index is 12.8. The zero-order valence-electron chi connectivity index (χ0n) is 13.7. The summed E-state index contributed by atoms with van der Waals surface area (Å²) in [6, 6.07) is 14.7. The molecule has 0 aliphatic heterocycles. The lowest BCUT2D eigenvalue weighted by Crippen LogP contribution is -2.16. The van der Waals surface area contributed by atoms with Gasteiger partial charge in [-0.2, -0.15) is 0 Å². The lowest BCUT2D eigenvalue weighted by Gasteiger charge is -2.10. The molecule has 6 nitrogen and oxygen atoms in total. The van der Waals surface area contributed by atoms with Gasteiger partial charge >= 0.3 is 5.76 Å². The molecule has 1 heterocycles. The van der Waals surface area contributed by atoms with E-state index < -0.39 is 5.76 Å². The summed E-state index contributed by atoms with van der Waals surface area (Å²) in [7, 11) is 0. The fourth-order valence-corrected chi connectivity index (χ4v) is 3.22. The summed E-state index contributed by atoms with van der Waals surface area (Å²) in [5.74, 6) is -0.875. The minimum absolute atomic E-state index is 0.157. The van der Waals surface area contributed by atoms with Crippen LogP contribution in [-0.4, -0.2) is 16.0 Å². The van der Waals surface area contributed by atoms with E-state index in [2.05, 4.69) is 20.0 Å². The minimum atomic E-state index is -0.668. The highest BCUT2D eigenvalue weighted by Gasteiger charge is 2.40. The third-order valence-electron chi connectivity index (χ3n) is 4.35. The van der Waals surface area contributed by atoms with Crippen LogP contribution in [0.4, 0.5) is 5.69 Å². The second kappa shape index (κ2) is 6.31. The summed E-state index contributed by atoms with van der Waals surface area (Å²) in [6.07, 6.45) is 0. The largest absolute Gasteiger partial charge is 0.439 e. The van der Waals surface area contributed by atoms with Gasteiger partial charge in [0.2, 0.25) is 5.91 Å². The number of nitrogens with one attached hydrogen (secondary N) is 2. The number of anilines is 1. The van der Waals surface area contributed by atoms with Crippen molar-refractivity contribution < 1.29 is 9.32 Å². The lowest BCUT2D eigenvalue weighted by atomic mass is 10.1. The summed E-state index contributed by atoms with van der Waals surface area (Å²) < 4.78 is 4.55. The number of halogens is 1. The number of carbonyl (C=O) groups excluding carboxylic acids is 1. The molecular formula is C19H14ClN3O3. The predicted molar refractivity (Wildman–Crippen MR) is 98.7 cm³/mol. The minimum Gasteiger partial charge on any atom is -0.325 e. The number of aromatic nitrogens is 2. The molecule has 0 bridgehead atoms. The first-order valence-corrected chi connectivity index (χ1v) is 8.35. The van der Waals surface area contributed by atoms with Gasteiger partial charge in [0.1, 0.15) is 0 Å². The molecule has 26 heavy (non-hydrogen) atoms. The van der Waals surface area contributed by atoms with E-state index in [-0.39, 0.29) is 17.6 Å². The first-order chi connectivity index (χ1) is 12.5. The highest BCUT2D eigenvalue weighted by Crippen LogP contribution is 2.47. The molecule has 1 atom stereocenters. The zero-order valence-corrected chi connectivity index (χ0v) is 14.5. The fourth-order valence-electron chi connectivity index (χ4n) is 3.05. The normalized spacial score (nSPS) is 15.8. The molecule has 1 amide bonds. The number of aromatic amines is 1. The van der Waals surface area contributed by atoms with Gasteiger partial charge in [0.25, 0.3) is 0 Å². The first-order valence-electron chi connectivity index (χ1n) is 7.97. The Morgan fingerprint density at radius 2 is 2.00 bits per heavy atom. The Kier molecular flexibility index (Phi) is 3.97. The molecule has 0 spiro atoms. The number of carbonyl (C=O) groups is 1. The summed E-state index contributed by atoms with van der Waals surface area (Å²) >= 11 is 6.06. The van der Waals surface area contributed by atoms with Crippen LogP contribution in [0, 0.1) is 5.92 Å². The van der Waals surface area contributed by atoms with Crippen molar-refractivity contribution in [3.8, 4) is 11.4 Å². The summed E-state index contributed by atoms with van der Waals surface area (Å²) in [4.78, 5) is 26.5. The van der Waals surface area contributed by atoms with E-state index in [4.69, 9.17) is 11.6 Å². The van der Waals surface area contributed by atoms with Crippen molar-refractivity contribution in [1.82, 2.24) is 10.1 Å². The van der Waals surface area contributed by atoms with Crippen LogP contribution in [0.15, 0.2) is 63.4 Å². The van der Waals surface area contributed by atoms with E-state index in [0.29, 0.717) is 16.3 Å². The average Bonchev–Trinajstić information content (AvgIpc) is 3.12. The molecule has 4 rings (SSSR count). The number of hydrogen-bond acceptors (Lipinski definition) is 4. The SMILES string of the molecule is CC1=C(c2ccccc2)C1C(=O)Nc1cc(Cl)ccc1-c1noc(=O)[nH]1. The molecule has 0 fully saturated rings. The van der Waals surface area contributed by atoms with Crippen molar-refractivity contribution in [2.45, 2.75) is 6.92 Å². The fraction of sp³-hybridized carbons (Fsp3) is 0.105. The Labute approximate surface area is 153 Å². The molecule has 130 valence electrons. The molecule has 2 N–H and O–H groups in total. The molecule has 1 aliphatic carbocycles. The second-order valence-electron chi connectivity index (χ2n) is 6.02. The van der Waals surface area contributed by atoms with Gasteiger partial charge < -0.3 is 5.32 Å². The molecule has 7 heteroatoms. The average molecular weight is 368 g/mol. The molecule has 1 aromatic heterocycles. The number of amides is 1. The van der Waals surface area contributed by atoms with Gasteiger partial charge in [-0.15, -0.1) is 0 Å². The van der Waals surface area contributed by atoms with Crippen molar-refractivity contribution in [2.24, 2.45) is 5.92 Å². The quantitative estimate of drug-likeness (QED) is 0.735. The van der Waals surface area contributed by atoms with Crippen LogP contribution in [0.25, 0.3) is 17.0 Å². The Hall–Kier alpha value is -3.12. The number of H-pyrrole nitrogens is 1. The van der Waals surface area contributed by atoms with Crippen LogP contribution in [-0.2, 0) is 4.79 Å². The maximum Gasteiger partial charge on any atom is 0.439 e. The second-order valence-corrected chi connectivity index (χ2v) is 6.45. The third kappa shape index (κ3) is 2.95. The van der Waals surface area contributed by atoms with Gasteiger partial charge in [-0.05, 0) is 36.3 Å². The van der Waals surface area contributed by atoms with Gasteiger partial charge in [-0.1, -0.05) is 52.7 Å². The van der Waals surface area contributed by atoms with Crippen LogP contribution >= 0.6 is 11.6 Å². The van der Waals surface area contributed by atoms with E-state index in [0.717, 1.165) is 16.7 Å². The van der Waals surface area contributed by atoms with Crippen LogP contribution in [0.2, 0.25) is 5.02 Å². The number of hydrogen-bond donors (Lipinski definition) is 2. The highest BCUT2D eigenvalue weighted by molar-refractivity contribution is 6.31. The Bertz CT molecular complexity index is 1080. The topological polar surface area (TPSA) is 88.0 Å². The van der Waals surface area contributed by atoms with Gasteiger partial charge in [-0.25, -0.2) is 4.79 Å². The molecule has 1 unspecified atom stereocenters. The van der Waals surface area contributed by atoms with Crippen molar-refractivity contribution >= 4 is 28.8 Å². The van der Waals surface area contributed by atoms with Crippen LogP contribution in [0.1, 0.15) is 12.5 Å². The monoisotopic (exact) mass is 367 g/mol. The smallest absolute Gasteiger partial charge is 0.325 e. The summed E-state index contributed by atoms with van der Waals surface area (Å²) in [5, 5.41) is 7.01. The summed E-state index contributed by atoms with van der Waals surface area (Å²) in [5.41, 5.74) is 4.08. The van der Waals surface area contributed by atoms with E-state index in [9.17, 15) is 9.59 Å². The first kappa shape index (κ1) is 16.4. The van der Waals surface area contributed by atoms with Crippen molar-refractivity contribution in [1.29, 1.82) is 0 Å². The summed E-state index contributed by atoms with van der Waals surface area (Å²) in [6.45, 7) is 1.95. The maximum atomic E-state index is 12.8. The van der Waals surface area contributed by atoms with Crippen molar-refractivity contribution in [3.05, 3.63) is 75.2 Å². The van der Waals surface area contributed by atoms with Gasteiger partial charge in [0.05, 0.1) is 11.6 Å². The predicted octanol–water partition coefficient (Wildman–Crippen LogP) is 3.73. The lowest BCUT2D eigenvalue weighted by molar-refractivity contribution is -0.116. The van der Waals surface area contributed by atoms with Gasteiger partial charge in [0.15, 0.2) is 5.82 Å². The third-order valence-corrected chi connectivity index (χ3v) is 4.58. The van der Waals surface area contributed by atoms with E-state index in [1.54, 1.807) is 18.2 Å². The Balaban J connectivity index is 1.60. The van der Waals surface area contributed by atoms with Crippen LogP contribution in [0.5, 0.6) is 0 Å². The van der Waals surface area contributed by atoms with E-state index in [1.165, 1.54) is 0 Å². The zero-order chi connectivity index (χ0) is 18.3. The van der Waals surface area contributed by atoms with Crippen molar-refractivity contribution in [3.63, 3.8) is 0 Å². The highest BCUT2D eigenvalue weighted by atomic mass is 35.5. The van der Waals surface area contributed by atoms with Crippen LogP contribution < -0.4 is 11.1 Å². The molecule has 0 radical (unpaired) electrons. The Morgan fingerprint density at radius 3 is 2.69 bits per heavy atom. The molecular weight excluding hydrogens is 354 g/mol. The van der Waals surface area contributed by atoms with E-state index in [1.807, 2.05) is 37.3 Å². The van der Waals surface area contributed by atoms with Gasteiger partial charge in [-0.3, -0.25) is 14.3 Å². The van der Waals surface area contributed by atoms with E-state index >= 15 is 0 Å². The number of benzene rings is 2. The molecule has 0 saturated heterocycles. The molecule has 3 aromatic rings. The van der Waals surface area contributed by atoms with Crippen LogP contribution in [0.3, 0.4) is 0 Å². The van der Waals surface area contributed by atoms with Gasteiger partial charge in [0, 0.05) is 10.6 Å². The standard InChI is InChI=1S/C19H14ClN3O3/c1-10-15(11-5-3-2-4-6-11)16(10)18(24)21-14-9-12(20)7-8-13(14)17-22-19(25)26-23-17/h2-9,16H,1H3,(H,21,24)(H,22,23,25). The molecule has 2 aromatic carbocycles.